The minimum absolute atomic E-state index is 0.366. The number of aromatic hydroxyl groups is 1. The maximum atomic E-state index is 9.50. The van der Waals surface area contributed by atoms with Crippen LogP contribution in [0.1, 0.15) is 45.6 Å². The molecule has 2 heteroatoms. The van der Waals surface area contributed by atoms with Gasteiger partial charge < -0.3 is 10.4 Å². The van der Waals surface area contributed by atoms with Gasteiger partial charge in [-0.15, -0.1) is 0 Å². The van der Waals surface area contributed by atoms with Gasteiger partial charge in [-0.2, -0.15) is 0 Å². The number of nitrogens with one attached hydrogen (secondary N) is 1. The normalized spacial score (nSPS) is 12.9. The number of phenolic OH excluding ortho intramolecular Hbond substituents is 1. The summed E-state index contributed by atoms with van der Waals surface area (Å²) in [5, 5.41) is 13.1. The molecule has 0 radical (unpaired) electrons. The molecule has 0 amide bonds. The largest absolute Gasteiger partial charge is 0.508 e. The zero-order valence-corrected chi connectivity index (χ0v) is 11.9. The second-order valence-corrected chi connectivity index (χ2v) is 5.50. The van der Waals surface area contributed by atoms with Crippen LogP contribution in [0.3, 0.4) is 0 Å². The van der Waals surface area contributed by atoms with Gasteiger partial charge in [0.05, 0.1) is 0 Å². The highest BCUT2D eigenvalue weighted by Crippen LogP contribution is 2.15. The summed E-state index contributed by atoms with van der Waals surface area (Å²) in [6.45, 7) is 7.80. The highest BCUT2D eigenvalue weighted by atomic mass is 16.3. The van der Waals surface area contributed by atoms with Crippen LogP contribution in [0.5, 0.6) is 5.75 Å². The summed E-state index contributed by atoms with van der Waals surface area (Å²) in [6.07, 6.45) is 4.62. The number of hydrogen-bond acceptors (Lipinski definition) is 2. The summed E-state index contributed by atoms with van der Waals surface area (Å²) in [7, 11) is 0. The van der Waals surface area contributed by atoms with Crippen LogP contribution in [0.4, 0.5) is 0 Å². The molecule has 0 saturated heterocycles. The van der Waals surface area contributed by atoms with Crippen molar-refractivity contribution in [3.63, 3.8) is 0 Å². The van der Waals surface area contributed by atoms with E-state index in [1.54, 1.807) is 6.07 Å². The molecule has 1 unspecified atom stereocenters. The molecule has 0 heterocycles. The third-order valence-electron chi connectivity index (χ3n) is 3.17. The van der Waals surface area contributed by atoms with Crippen molar-refractivity contribution < 1.29 is 5.11 Å². The van der Waals surface area contributed by atoms with Crippen LogP contribution in [0.25, 0.3) is 0 Å². The SMILES string of the molecule is CCCNC(CCC(C)C)Cc1cccc(O)c1. The van der Waals surface area contributed by atoms with Gasteiger partial charge in [0.1, 0.15) is 5.75 Å². The van der Waals surface area contributed by atoms with Crippen LogP contribution in [-0.2, 0) is 6.42 Å². The van der Waals surface area contributed by atoms with E-state index < -0.39 is 0 Å². The molecule has 2 nitrogen and oxygen atoms in total. The Morgan fingerprint density at radius 3 is 2.61 bits per heavy atom. The van der Waals surface area contributed by atoms with E-state index in [0.29, 0.717) is 11.8 Å². The lowest BCUT2D eigenvalue weighted by molar-refractivity contribution is 0.426. The van der Waals surface area contributed by atoms with Crippen LogP contribution in [0.2, 0.25) is 0 Å². The zero-order chi connectivity index (χ0) is 13.4. The third kappa shape index (κ3) is 6.06. The van der Waals surface area contributed by atoms with Crippen molar-refractivity contribution in [2.75, 3.05) is 6.54 Å². The highest BCUT2D eigenvalue weighted by molar-refractivity contribution is 5.27. The standard InChI is InChI=1S/C16H27NO/c1-4-10-17-15(9-8-13(2)3)11-14-6-5-7-16(18)12-14/h5-7,12-13,15,17-18H,4,8-11H2,1-3H3. The molecular formula is C16H27NO. The van der Waals surface area contributed by atoms with E-state index in [0.717, 1.165) is 25.3 Å². The third-order valence-corrected chi connectivity index (χ3v) is 3.17. The lowest BCUT2D eigenvalue weighted by atomic mass is 9.97. The molecule has 0 saturated carbocycles. The Labute approximate surface area is 111 Å². The molecule has 1 aromatic carbocycles. The topological polar surface area (TPSA) is 32.3 Å². The van der Waals surface area contributed by atoms with Gasteiger partial charge in [-0.1, -0.05) is 32.9 Å². The van der Waals surface area contributed by atoms with E-state index in [-0.39, 0.29) is 0 Å². The Kier molecular flexibility index (Phi) is 6.81. The van der Waals surface area contributed by atoms with Crippen molar-refractivity contribution in [2.45, 2.75) is 52.5 Å². The van der Waals surface area contributed by atoms with Gasteiger partial charge in [0.15, 0.2) is 0 Å². The summed E-state index contributed by atoms with van der Waals surface area (Å²) >= 11 is 0. The van der Waals surface area contributed by atoms with Crippen molar-refractivity contribution in [1.29, 1.82) is 0 Å². The second-order valence-electron chi connectivity index (χ2n) is 5.50. The lowest BCUT2D eigenvalue weighted by Gasteiger charge is -2.19. The minimum Gasteiger partial charge on any atom is -0.508 e. The molecule has 1 rings (SSSR count). The van der Waals surface area contributed by atoms with Gasteiger partial charge in [-0.3, -0.25) is 0 Å². The van der Waals surface area contributed by atoms with Gasteiger partial charge in [0.2, 0.25) is 0 Å². The first-order chi connectivity index (χ1) is 8.61. The Morgan fingerprint density at radius 1 is 1.22 bits per heavy atom. The average Bonchev–Trinajstić information content (AvgIpc) is 2.32. The summed E-state index contributed by atoms with van der Waals surface area (Å²) in [4.78, 5) is 0. The molecule has 0 aliphatic heterocycles. The minimum atomic E-state index is 0.366. The van der Waals surface area contributed by atoms with Crippen molar-refractivity contribution in [2.24, 2.45) is 5.92 Å². The molecule has 0 spiro atoms. The van der Waals surface area contributed by atoms with E-state index in [1.807, 2.05) is 12.1 Å². The predicted octanol–water partition coefficient (Wildman–Crippen LogP) is 3.74. The summed E-state index contributed by atoms with van der Waals surface area (Å²) < 4.78 is 0. The first-order valence-corrected chi connectivity index (χ1v) is 7.13. The molecule has 1 aromatic rings. The Morgan fingerprint density at radius 2 is 2.00 bits per heavy atom. The molecule has 0 aliphatic rings. The average molecular weight is 249 g/mol. The molecule has 18 heavy (non-hydrogen) atoms. The van der Waals surface area contributed by atoms with Crippen molar-refractivity contribution >= 4 is 0 Å². The van der Waals surface area contributed by atoms with Gasteiger partial charge in [0.25, 0.3) is 0 Å². The highest BCUT2D eigenvalue weighted by Gasteiger charge is 2.10. The smallest absolute Gasteiger partial charge is 0.115 e. The van der Waals surface area contributed by atoms with Crippen LogP contribution in [-0.4, -0.2) is 17.7 Å². The molecule has 2 N–H and O–H groups in total. The van der Waals surface area contributed by atoms with E-state index >= 15 is 0 Å². The maximum Gasteiger partial charge on any atom is 0.115 e. The van der Waals surface area contributed by atoms with Crippen LogP contribution in [0, 0.1) is 5.92 Å². The van der Waals surface area contributed by atoms with Gasteiger partial charge in [-0.25, -0.2) is 0 Å². The summed E-state index contributed by atoms with van der Waals surface area (Å²) in [5.41, 5.74) is 1.22. The van der Waals surface area contributed by atoms with E-state index in [9.17, 15) is 5.11 Å². The molecule has 1 atom stereocenters. The van der Waals surface area contributed by atoms with E-state index in [2.05, 4.69) is 32.2 Å². The van der Waals surface area contributed by atoms with Gasteiger partial charge >= 0.3 is 0 Å². The van der Waals surface area contributed by atoms with Crippen molar-refractivity contribution in [3.8, 4) is 5.75 Å². The Balaban J connectivity index is 2.53. The number of hydrogen-bond donors (Lipinski definition) is 2. The molecule has 0 fully saturated rings. The van der Waals surface area contributed by atoms with E-state index in [1.165, 1.54) is 18.4 Å². The molecule has 0 aromatic heterocycles. The number of phenols is 1. The van der Waals surface area contributed by atoms with Crippen molar-refractivity contribution in [3.05, 3.63) is 29.8 Å². The Hall–Kier alpha value is -1.02. The maximum absolute atomic E-state index is 9.50. The van der Waals surface area contributed by atoms with Gasteiger partial charge in [0, 0.05) is 6.04 Å². The molecule has 102 valence electrons. The molecular weight excluding hydrogens is 222 g/mol. The first kappa shape index (κ1) is 15.0. The monoisotopic (exact) mass is 249 g/mol. The Bertz CT molecular complexity index is 336. The summed E-state index contributed by atoms with van der Waals surface area (Å²) in [6, 6.07) is 8.14. The van der Waals surface area contributed by atoms with Gasteiger partial charge in [-0.05, 0) is 55.8 Å². The van der Waals surface area contributed by atoms with Crippen LogP contribution in [0.15, 0.2) is 24.3 Å². The molecule has 0 bridgehead atoms. The lowest BCUT2D eigenvalue weighted by Crippen LogP contribution is -2.32. The fraction of sp³-hybridized carbons (Fsp3) is 0.625. The van der Waals surface area contributed by atoms with Crippen LogP contribution < -0.4 is 5.32 Å². The second kappa shape index (κ2) is 8.15. The number of rotatable bonds is 8. The quantitative estimate of drug-likeness (QED) is 0.735. The summed E-state index contributed by atoms with van der Waals surface area (Å²) in [5.74, 6) is 1.12. The zero-order valence-electron chi connectivity index (χ0n) is 11.9. The fourth-order valence-electron chi connectivity index (χ4n) is 2.13. The first-order valence-electron chi connectivity index (χ1n) is 7.13. The van der Waals surface area contributed by atoms with E-state index in [4.69, 9.17) is 0 Å². The molecule has 0 aliphatic carbocycles. The van der Waals surface area contributed by atoms with Crippen LogP contribution >= 0.6 is 0 Å². The fourth-order valence-corrected chi connectivity index (χ4v) is 2.13. The number of benzene rings is 1. The predicted molar refractivity (Wildman–Crippen MR) is 78.0 cm³/mol. The van der Waals surface area contributed by atoms with Crippen molar-refractivity contribution in [1.82, 2.24) is 5.32 Å².